The summed E-state index contributed by atoms with van der Waals surface area (Å²) in [6.45, 7) is 7.54. The van der Waals surface area contributed by atoms with Gasteiger partial charge in [-0.25, -0.2) is 0 Å². The summed E-state index contributed by atoms with van der Waals surface area (Å²) in [7, 11) is 1.00. The van der Waals surface area contributed by atoms with Gasteiger partial charge in [0.05, 0.1) is 6.26 Å². The van der Waals surface area contributed by atoms with Crippen LogP contribution < -0.4 is 4.72 Å². The Morgan fingerprint density at radius 2 is 2.13 bits per heavy atom. The molecule has 0 spiro atoms. The van der Waals surface area contributed by atoms with Crippen LogP contribution in [0, 0.1) is 0 Å². The Kier molecular flexibility index (Phi) is 7.92. The first-order chi connectivity index (χ1) is 7.08. The number of rotatable bonds is 3. The maximum Gasteiger partial charge on any atom is 0.111 e. The molecule has 0 fully saturated rings. The zero-order valence-electron chi connectivity index (χ0n) is 10.1. The van der Waals surface area contributed by atoms with Gasteiger partial charge in [-0.2, -0.15) is 0 Å². The summed E-state index contributed by atoms with van der Waals surface area (Å²) in [5.41, 5.74) is 0. The van der Waals surface area contributed by atoms with E-state index in [2.05, 4.69) is 31.6 Å². The monoisotopic (exact) mass is 233 g/mol. The van der Waals surface area contributed by atoms with Gasteiger partial charge in [0, 0.05) is 18.4 Å². The van der Waals surface area contributed by atoms with Gasteiger partial charge in [0.1, 0.15) is 6.10 Å². The summed E-state index contributed by atoms with van der Waals surface area (Å²) in [4.78, 5) is 0. The second-order valence-corrected chi connectivity index (χ2v) is 5.99. The highest BCUT2D eigenvalue weighted by atomic mass is 32.2. The molecule has 1 aliphatic heterocycles. The van der Waals surface area contributed by atoms with Crippen LogP contribution in [0.15, 0.2) is 12.3 Å². The van der Waals surface area contributed by atoms with Gasteiger partial charge in [-0.15, -0.1) is 0 Å². The summed E-state index contributed by atoms with van der Waals surface area (Å²) in [6.07, 6.45) is 6.53. The first-order valence-corrected chi connectivity index (χ1v) is 6.05. The number of hydrogen-bond donors (Lipinski definition) is 2. The molecule has 0 aliphatic carbocycles. The minimum atomic E-state index is 0.282. The predicted molar refractivity (Wildman–Crippen MR) is 66.7 cm³/mol. The molecule has 4 heteroatoms. The summed E-state index contributed by atoms with van der Waals surface area (Å²) in [5, 5.41) is 7.00. The van der Waals surface area contributed by atoms with Crippen molar-refractivity contribution in [1.29, 1.82) is 0 Å². The maximum atomic E-state index is 7.00. The van der Waals surface area contributed by atoms with Crippen LogP contribution in [0.25, 0.3) is 0 Å². The Bertz CT molecular complexity index is 178. The SMILES string of the molecule is CC(C)(C)SNCC1CCC=CO1.CO. The van der Waals surface area contributed by atoms with Crippen molar-refractivity contribution in [3.8, 4) is 0 Å². The zero-order chi connectivity index (χ0) is 11.7. The largest absolute Gasteiger partial charge is 0.497 e. The van der Waals surface area contributed by atoms with E-state index in [0.717, 1.165) is 26.5 Å². The number of nitrogens with one attached hydrogen (secondary N) is 1. The third-order valence-electron chi connectivity index (χ3n) is 1.71. The van der Waals surface area contributed by atoms with E-state index in [0.29, 0.717) is 6.10 Å². The number of aliphatic hydroxyl groups excluding tert-OH is 1. The van der Waals surface area contributed by atoms with E-state index in [-0.39, 0.29) is 4.75 Å². The lowest BCUT2D eigenvalue weighted by atomic mass is 10.2. The summed E-state index contributed by atoms with van der Waals surface area (Å²) in [6, 6.07) is 0. The van der Waals surface area contributed by atoms with E-state index in [1.54, 1.807) is 11.9 Å². The van der Waals surface area contributed by atoms with Gasteiger partial charge < -0.3 is 9.84 Å². The Hall–Kier alpha value is -0.190. The lowest BCUT2D eigenvalue weighted by molar-refractivity contribution is 0.128. The van der Waals surface area contributed by atoms with E-state index >= 15 is 0 Å². The molecule has 3 nitrogen and oxygen atoms in total. The van der Waals surface area contributed by atoms with Gasteiger partial charge in [0.15, 0.2) is 0 Å². The van der Waals surface area contributed by atoms with Crippen molar-refractivity contribution in [3.63, 3.8) is 0 Å². The number of ether oxygens (including phenoxy) is 1. The Balaban J connectivity index is 0.000000921. The number of aliphatic hydroxyl groups is 1. The minimum absolute atomic E-state index is 0.282. The average molecular weight is 233 g/mol. The van der Waals surface area contributed by atoms with Gasteiger partial charge in [-0.3, -0.25) is 4.72 Å². The molecule has 0 bridgehead atoms. The highest BCUT2D eigenvalue weighted by Crippen LogP contribution is 2.20. The first-order valence-electron chi connectivity index (χ1n) is 5.24. The number of hydrogen-bond acceptors (Lipinski definition) is 4. The average Bonchev–Trinajstić information content (AvgIpc) is 2.20. The Morgan fingerprint density at radius 3 is 2.60 bits per heavy atom. The van der Waals surface area contributed by atoms with Crippen molar-refractivity contribution in [1.82, 2.24) is 4.72 Å². The molecule has 0 amide bonds. The van der Waals surface area contributed by atoms with Crippen LogP contribution in [0.5, 0.6) is 0 Å². The molecule has 90 valence electrons. The molecule has 0 aromatic heterocycles. The van der Waals surface area contributed by atoms with Crippen molar-refractivity contribution in [3.05, 3.63) is 12.3 Å². The summed E-state index contributed by atoms with van der Waals surface area (Å²) in [5.74, 6) is 0. The smallest absolute Gasteiger partial charge is 0.111 e. The summed E-state index contributed by atoms with van der Waals surface area (Å²) >= 11 is 1.77. The van der Waals surface area contributed by atoms with E-state index in [9.17, 15) is 0 Å². The predicted octanol–water partition coefficient (Wildman–Crippen LogP) is 2.32. The molecule has 0 saturated heterocycles. The van der Waals surface area contributed by atoms with Gasteiger partial charge in [0.2, 0.25) is 0 Å². The van der Waals surface area contributed by atoms with E-state index in [4.69, 9.17) is 9.84 Å². The summed E-state index contributed by atoms with van der Waals surface area (Å²) < 4.78 is 9.07. The van der Waals surface area contributed by atoms with Crippen LogP contribution >= 0.6 is 11.9 Å². The van der Waals surface area contributed by atoms with Crippen molar-refractivity contribution in [2.75, 3.05) is 13.7 Å². The van der Waals surface area contributed by atoms with E-state index < -0.39 is 0 Å². The van der Waals surface area contributed by atoms with Gasteiger partial charge in [-0.05, 0) is 39.7 Å². The molecule has 1 heterocycles. The third-order valence-corrected chi connectivity index (χ3v) is 2.64. The highest BCUT2D eigenvalue weighted by molar-refractivity contribution is 7.98. The molecule has 1 rings (SSSR count). The van der Waals surface area contributed by atoms with E-state index in [1.807, 2.05) is 6.26 Å². The van der Waals surface area contributed by atoms with Crippen LogP contribution in [0.3, 0.4) is 0 Å². The molecule has 2 N–H and O–H groups in total. The lowest BCUT2D eigenvalue weighted by Crippen LogP contribution is -2.28. The molecular weight excluding hydrogens is 210 g/mol. The Morgan fingerprint density at radius 1 is 1.47 bits per heavy atom. The molecule has 0 aromatic carbocycles. The van der Waals surface area contributed by atoms with Crippen molar-refractivity contribution in [2.45, 2.75) is 44.5 Å². The number of allylic oxidation sites excluding steroid dienone is 1. The normalized spacial score (nSPS) is 20.2. The second-order valence-electron chi connectivity index (χ2n) is 4.27. The molecule has 1 atom stereocenters. The first kappa shape index (κ1) is 14.8. The van der Waals surface area contributed by atoms with Crippen LogP contribution in [0.4, 0.5) is 0 Å². The fraction of sp³-hybridized carbons (Fsp3) is 0.818. The fourth-order valence-corrected chi connectivity index (χ4v) is 1.79. The van der Waals surface area contributed by atoms with Crippen molar-refractivity contribution in [2.24, 2.45) is 0 Å². The van der Waals surface area contributed by atoms with Crippen LogP contribution in [-0.2, 0) is 4.74 Å². The molecule has 15 heavy (non-hydrogen) atoms. The van der Waals surface area contributed by atoms with Crippen LogP contribution in [-0.4, -0.2) is 29.6 Å². The fourth-order valence-electron chi connectivity index (χ4n) is 1.09. The molecule has 0 radical (unpaired) electrons. The van der Waals surface area contributed by atoms with Gasteiger partial charge in [0.25, 0.3) is 0 Å². The van der Waals surface area contributed by atoms with Crippen LogP contribution in [0.2, 0.25) is 0 Å². The molecular formula is C11H23NO2S. The lowest BCUT2D eigenvalue weighted by Gasteiger charge is -2.22. The topological polar surface area (TPSA) is 41.5 Å². The standard InChI is InChI=1S/C10H19NOS.CH4O/c1-10(2,3)13-11-8-9-6-4-5-7-12-9;1-2/h5,7,9,11H,4,6,8H2,1-3H3;2H,1H3. The van der Waals surface area contributed by atoms with Gasteiger partial charge in [-0.1, -0.05) is 11.9 Å². The Labute approximate surface area is 97.4 Å². The quantitative estimate of drug-likeness (QED) is 0.734. The maximum absolute atomic E-state index is 7.00. The van der Waals surface area contributed by atoms with Crippen molar-refractivity contribution < 1.29 is 9.84 Å². The third kappa shape index (κ3) is 8.78. The minimum Gasteiger partial charge on any atom is -0.497 e. The molecule has 0 aromatic rings. The van der Waals surface area contributed by atoms with Gasteiger partial charge >= 0.3 is 0 Å². The molecule has 1 aliphatic rings. The van der Waals surface area contributed by atoms with E-state index in [1.165, 1.54) is 0 Å². The van der Waals surface area contributed by atoms with Crippen LogP contribution in [0.1, 0.15) is 33.6 Å². The highest BCUT2D eigenvalue weighted by Gasteiger charge is 2.14. The zero-order valence-corrected chi connectivity index (χ0v) is 10.9. The second kappa shape index (κ2) is 8.02. The molecule has 1 unspecified atom stereocenters. The van der Waals surface area contributed by atoms with Crippen molar-refractivity contribution >= 4 is 11.9 Å². The molecule has 0 saturated carbocycles.